The van der Waals surface area contributed by atoms with Crippen LogP contribution in [0.1, 0.15) is 20.8 Å². The van der Waals surface area contributed by atoms with Crippen molar-refractivity contribution in [2.45, 2.75) is 20.8 Å². The molecule has 3 nitrogen and oxygen atoms in total. The molecule has 0 aliphatic carbocycles. The molecule has 0 rings (SSSR count). The third-order valence-corrected chi connectivity index (χ3v) is 1.09. The Kier molecular flexibility index (Phi) is 12.8. The summed E-state index contributed by atoms with van der Waals surface area (Å²) in [5.41, 5.74) is 0.577. The molecule has 0 heterocycles. The van der Waals surface area contributed by atoms with E-state index in [0.29, 0.717) is 5.71 Å². The van der Waals surface area contributed by atoms with Crippen LogP contribution in [0.3, 0.4) is 0 Å². The van der Waals surface area contributed by atoms with Gasteiger partial charge in [-0.3, -0.25) is 0 Å². The van der Waals surface area contributed by atoms with Gasteiger partial charge < -0.3 is 15.6 Å². The van der Waals surface area contributed by atoms with Gasteiger partial charge in [-0.2, -0.15) is 0 Å². The SMILES string of the molecule is CC.CC(=N)/C=C\CN/C=C\N(C)C. The molecular formula is C11H23N3. The molecule has 82 valence electrons. The fourth-order valence-corrected chi connectivity index (χ4v) is 0.574. The van der Waals surface area contributed by atoms with E-state index in [9.17, 15) is 0 Å². The van der Waals surface area contributed by atoms with Crippen molar-refractivity contribution < 1.29 is 0 Å². The summed E-state index contributed by atoms with van der Waals surface area (Å²) in [5, 5.41) is 10.2. The van der Waals surface area contributed by atoms with E-state index >= 15 is 0 Å². The third kappa shape index (κ3) is 17.0. The van der Waals surface area contributed by atoms with Crippen molar-refractivity contribution >= 4 is 5.71 Å². The molecule has 0 saturated heterocycles. The Balaban J connectivity index is 0. The first kappa shape index (κ1) is 15.2. The predicted octanol–water partition coefficient (Wildman–Crippen LogP) is 2.23. The Hall–Kier alpha value is -1.25. The van der Waals surface area contributed by atoms with E-state index in [4.69, 9.17) is 5.41 Å². The van der Waals surface area contributed by atoms with Gasteiger partial charge in [-0.1, -0.05) is 19.9 Å². The van der Waals surface area contributed by atoms with Crippen LogP contribution in [0.4, 0.5) is 0 Å². The fourth-order valence-electron chi connectivity index (χ4n) is 0.574. The topological polar surface area (TPSA) is 39.1 Å². The summed E-state index contributed by atoms with van der Waals surface area (Å²) in [6, 6.07) is 0. The molecule has 3 heteroatoms. The zero-order chi connectivity index (χ0) is 11.4. The summed E-state index contributed by atoms with van der Waals surface area (Å²) >= 11 is 0. The normalized spacial score (nSPS) is 9.79. The van der Waals surface area contributed by atoms with Crippen molar-refractivity contribution in [2.24, 2.45) is 0 Å². The van der Waals surface area contributed by atoms with Crippen LogP contribution >= 0.6 is 0 Å². The zero-order valence-corrected chi connectivity index (χ0v) is 9.96. The average molecular weight is 197 g/mol. The molecule has 0 aliphatic heterocycles. The minimum absolute atomic E-state index is 0.577. The average Bonchev–Trinajstić information content (AvgIpc) is 2.13. The van der Waals surface area contributed by atoms with Gasteiger partial charge in [-0.05, 0) is 13.0 Å². The molecule has 0 aromatic heterocycles. The molecule has 0 saturated carbocycles. The number of nitrogens with zero attached hydrogens (tertiary/aromatic N) is 1. The Morgan fingerprint density at radius 3 is 2.36 bits per heavy atom. The lowest BCUT2D eigenvalue weighted by Crippen LogP contribution is -2.08. The van der Waals surface area contributed by atoms with Crippen molar-refractivity contribution in [2.75, 3.05) is 20.6 Å². The van der Waals surface area contributed by atoms with Gasteiger partial charge in [0.2, 0.25) is 0 Å². The van der Waals surface area contributed by atoms with Crippen LogP contribution in [0.15, 0.2) is 24.6 Å². The lowest BCUT2D eigenvalue weighted by atomic mass is 10.4. The van der Waals surface area contributed by atoms with Crippen LogP contribution in [0, 0.1) is 5.41 Å². The number of hydrogen-bond acceptors (Lipinski definition) is 3. The van der Waals surface area contributed by atoms with Crippen molar-refractivity contribution in [3.05, 3.63) is 24.6 Å². The lowest BCUT2D eigenvalue weighted by Gasteiger charge is -2.02. The van der Waals surface area contributed by atoms with Gasteiger partial charge in [0.25, 0.3) is 0 Å². The van der Waals surface area contributed by atoms with Gasteiger partial charge in [0.15, 0.2) is 0 Å². The first-order valence-electron chi connectivity index (χ1n) is 4.91. The molecular weight excluding hydrogens is 174 g/mol. The maximum atomic E-state index is 7.10. The zero-order valence-electron chi connectivity index (χ0n) is 9.96. The Morgan fingerprint density at radius 1 is 1.36 bits per heavy atom. The highest BCUT2D eigenvalue weighted by Gasteiger charge is 1.76. The van der Waals surface area contributed by atoms with E-state index in [2.05, 4.69) is 5.32 Å². The lowest BCUT2D eigenvalue weighted by molar-refractivity contribution is 0.559. The van der Waals surface area contributed by atoms with E-state index in [0.717, 1.165) is 6.54 Å². The molecule has 0 unspecified atom stereocenters. The molecule has 0 spiro atoms. The molecule has 2 N–H and O–H groups in total. The van der Waals surface area contributed by atoms with Crippen molar-refractivity contribution in [3.63, 3.8) is 0 Å². The molecule has 0 radical (unpaired) electrons. The van der Waals surface area contributed by atoms with Crippen LogP contribution < -0.4 is 5.32 Å². The van der Waals surface area contributed by atoms with Crippen molar-refractivity contribution in [1.29, 1.82) is 5.41 Å². The van der Waals surface area contributed by atoms with Crippen LogP contribution in [-0.2, 0) is 0 Å². The number of rotatable bonds is 5. The first-order chi connectivity index (χ1) is 6.63. The quantitative estimate of drug-likeness (QED) is 0.524. The molecule has 0 bridgehead atoms. The highest BCUT2D eigenvalue weighted by atomic mass is 15.0. The summed E-state index contributed by atoms with van der Waals surface area (Å²) in [7, 11) is 3.94. The summed E-state index contributed by atoms with van der Waals surface area (Å²) < 4.78 is 0. The highest BCUT2D eigenvalue weighted by molar-refractivity contribution is 5.89. The van der Waals surface area contributed by atoms with Gasteiger partial charge in [-0.15, -0.1) is 0 Å². The molecule has 0 atom stereocenters. The summed E-state index contributed by atoms with van der Waals surface area (Å²) in [4.78, 5) is 1.96. The van der Waals surface area contributed by atoms with Gasteiger partial charge in [0.05, 0.1) is 0 Å². The van der Waals surface area contributed by atoms with E-state index in [1.54, 1.807) is 13.0 Å². The molecule has 0 amide bonds. The van der Waals surface area contributed by atoms with Crippen molar-refractivity contribution in [1.82, 2.24) is 10.2 Å². The van der Waals surface area contributed by atoms with E-state index in [1.165, 1.54) is 0 Å². The van der Waals surface area contributed by atoms with Crippen molar-refractivity contribution in [3.8, 4) is 0 Å². The fraction of sp³-hybridized carbons (Fsp3) is 0.545. The standard InChI is InChI=1S/C9H17N3.C2H6/c1-9(10)5-4-6-11-7-8-12(2)3;1-2/h4-5,7-8,10-11H,6H2,1-3H3;1-2H3/b5-4-,8-7-,10-9?;. The predicted molar refractivity (Wildman–Crippen MR) is 64.7 cm³/mol. The first-order valence-corrected chi connectivity index (χ1v) is 4.91. The van der Waals surface area contributed by atoms with Crippen LogP contribution in [0.5, 0.6) is 0 Å². The molecule has 0 aromatic rings. The molecule has 0 aromatic carbocycles. The minimum Gasteiger partial charge on any atom is -0.386 e. The van der Waals surface area contributed by atoms with Gasteiger partial charge in [0.1, 0.15) is 0 Å². The number of hydrogen-bond donors (Lipinski definition) is 2. The van der Waals surface area contributed by atoms with E-state index < -0.39 is 0 Å². The molecule has 0 aliphatic rings. The second kappa shape index (κ2) is 11.8. The summed E-state index contributed by atoms with van der Waals surface area (Å²) in [6.07, 6.45) is 7.51. The minimum atomic E-state index is 0.577. The van der Waals surface area contributed by atoms with Gasteiger partial charge in [-0.25, -0.2) is 0 Å². The maximum Gasteiger partial charge on any atom is 0.0329 e. The largest absolute Gasteiger partial charge is 0.386 e. The van der Waals surface area contributed by atoms with E-state index in [-0.39, 0.29) is 0 Å². The number of allylic oxidation sites excluding steroid dienone is 1. The molecule has 0 fully saturated rings. The van der Waals surface area contributed by atoms with Crippen LogP contribution in [0.2, 0.25) is 0 Å². The highest BCUT2D eigenvalue weighted by Crippen LogP contribution is 1.76. The smallest absolute Gasteiger partial charge is 0.0329 e. The monoisotopic (exact) mass is 197 g/mol. The van der Waals surface area contributed by atoms with Crippen LogP contribution in [-0.4, -0.2) is 31.3 Å². The van der Waals surface area contributed by atoms with E-state index in [1.807, 2.05) is 51.3 Å². The Bertz CT molecular complexity index is 181. The maximum absolute atomic E-state index is 7.10. The second-order valence-electron chi connectivity index (χ2n) is 2.77. The molecule has 14 heavy (non-hydrogen) atoms. The van der Waals surface area contributed by atoms with Gasteiger partial charge >= 0.3 is 0 Å². The second-order valence-corrected chi connectivity index (χ2v) is 2.77. The summed E-state index contributed by atoms with van der Waals surface area (Å²) in [5.74, 6) is 0. The summed E-state index contributed by atoms with van der Waals surface area (Å²) in [6.45, 7) is 6.52. The number of nitrogens with one attached hydrogen (secondary N) is 2. The third-order valence-electron chi connectivity index (χ3n) is 1.09. The van der Waals surface area contributed by atoms with Crippen LogP contribution in [0.25, 0.3) is 0 Å². The Morgan fingerprint density at radius 2 is 1.93 bits per heavy atom. The van der Waals surface area contributed by atoms with Gasteiger partial charge in [0, 0.05) is 38.8 Å². The Labute approximate surface area is 88.0 Å².